The number of hydrogen-bond acceptors (Lipinski definition) is 3. The van der Waals surface area contributed by atoms with Gasteiger partial charge >= 0.3 is 0 Å². The minimum absolute atomic E-state index is 0.160. The normalized spacial score (nSPS) is 10.1. The molecule has 6 nitrogen and oxygen atoms in total. The van der Waals surface area contributed by atoms with Crippen LogP contribution in [-0.4, -0.2) is 21.1 Å². The molecule has 0 unspecified atom stereocenters. The second-order valence-electron chi connectivity index (χ2n) is 3.01. The van der Waals surface area contributed by atoms with Crippen LogP contribution in [0.5, 0.6) is 0 Å². The highest BCUT2D eigenvalue weighted by Crippen LogP contribution is 2.10. The van der Waals surface area contributed by atoms with Crippen molar-refractivity contribution in [2.45, 2.75) is 0 Å². The first-order valence-corrected chi connectivity index (χ1v) is 4.73. The second kappa shape index (κ2) is 4.19. The monoisotopic (exact) mass is 238 g/mol. The highest BCUT2D eigenvalue weighted by molar-refractivity contribution is 6.29. The molecule has 0 aliphatic carbocycles. The van der Waals surface area contributed by atoms with Crippen LogP contribution in [0, 0.1) is 0 Å². The molecule has 0 fully saturated rings. The Kier molecular flexibility index (Phi) is 2.74. The van der Waals surface area contributed by atoms with Crippen LogP contribution >= 0.6 is 11.6 Å². The van der Waals surface area contributed by atoms with Gasteiger partial charge in [-0.15, -0.1) is 0 Å². The molecule has 0 atom stereocenters. The molecule has 2 heterocycles. The Labute approximate surface area is 94.6 Å². The number of hydrogen-bond donors (Lipinski definition) is 3. The molecular formula is C9H7ClN4O2. The van der Waals surface area contributed by atoms with Gasteiger partial charge in [0.15, 0.2) is 0 Å². The Bertz CT molecular complexity index is 561. The molecule has 1 amide bonds. The van der Waals surface area contributed by atoms with E-state index in [0.29, 0.717) is 11.4 Å². The van der Waals surface area contributed by atoms with E-state index in [4.69, 9.17) is 11.6 Å². The topological polar surface area (TPSA) is 90.6 Å². The molecule has 2 rings (SSSR count). The lowest BCUT2D eigenvalue weighted by Crippen LogP contribution is -2.15. The van der Waals surface area contributed by atoms with Crippen LogP contribution in [-0.2, 0) is 0 Å². The molecular weight excluding hydrogens is 232 g/mol. The van der Waals surface area contributed by atoms with E-state index in [2.05, 4.69) is 20.5 Å². The van der Waals surface area contributed by atoms with E-state index in [-0.39, 0.29) is 16.6 Å². The van der Waals surface area contributed by atoms with E-state index in [1.807, 2.05) is 0 Å². The van der Waals surface area contributed by atoms with E-state index in [0.717, 1.165) is 0 Å². The molecule has 7 heteroatoms. The average Bonchev–Trinajstić information content (AvgIpc) is 2.68. The lowest BCUT2D eigenvalue weighted by atomic mass is 10.3. The molecule has 0 bridgehead atoms. The predicted octanol–water partition coefficient (Wildman–Crippen LogP) is 1.00. The summed E-state index contributed by atoms with van der Waals surface area (Å²) >= 11 is 5.63. The highest BCUT2D eigenvalue weighted by Gasteiger charge is 2.07. The third-order valence-electron chi connectivity index (χ3n) is 1.81. The number of H-pyrrole nitrogens is 2. The van der Waals surface area contributed by atoms with Crippen LogP contribution in [0.1, 0.15) is 10.5 Å². The van der Waals surface area contributed by atoms with Gasteiger partial charge in [-0.25, -0.2) is 0 Å². The molecule has 16 heavy (non-hydrogen) atoms. The van der Waals surface area contributed by atoms with Crippen LogP contribution in [0.25, 0.3) is 0 Å². The van der Waals surface area contributed by atoms with E-state index < -0.39 is 0 Å². The van der Waals surface area contributed by atoms with Crippen LogP contribution < -0.4 is 10.9 Å². The van der Waals surface area contributed by atoms with Crippen molar-refractivity contribution in [3.05, 3.63) is 45.6 Å². The van der Waals surface area contributed by atoms with E-state index in [1.165, 1.54) is 24.4 Å². The van der Waals surface area contributed by atoms with E-state index >= 15 is 0 Å². The summed E-state index contributed by atoms with van der Waals surface area (Å²) in [4.78, 5) is 25.0. The van der Waals surface area contributed by atoms with Crippen LogP contribution in [0.4, 0.5) is 5.69 Å². The minimum atomic E-state index is -0.390. The maximum absolute atomic E-state index is 11.6. The fraction of sp³-hybridized carbons (Fsp3) is 0. The van der Waals surface area contributed by atoms with Crippen molar-refractivity contribution in [1.29, 1.82) is 0 Å². The van der Waals surface area contributed by atoms with Gasteiger partial charge in [0.1, 0.15) is 10.8 Å². The fourth-order valence-electron chi connectivity index (χ4n) is 1.16. The van der Waals surface area contributed by atoms with Gasteiger partial charge in [0, 0.05) is 18.0 Å². The van der Waals surface area contributed by atoms with Crippen molar-refractivity contribution in [3.63, 3.8) is 0 Å². The summed E-state index contributed by atoms with van der Waals surface area (Å²) in [6.07, 6.45) is 1.46. The number of carbonyl (C=O) groups is 1. The Morgan fingerprint density at radius 1 is 1.44 bits per heavy atom. The molecule has 0 aromatic carbocycles. The Hall–Kier alpha value is -2.08. The first kappa shape index (κ1) is 10.4. The number of pyridine rings is 1. The van der Waals surface area contributed by atoms with Crippen LogP contribution in [0.3, 0.4) is 0 Å². The molecule has 0 saturated carbocycles. The molecule has 0 radical (unpaired) electrons. The third kappa shape index (κ3) is 2.29. The number of anilines is 1. The lowest BCUT2D eigenvalue weighted by Gasteiger charge is -2.02. The van der Waals surface area contributed by atoms with Crippen molar-refractivity contribution >= 4 is 23.2 Å². The number of rotatable bonds is 2. The molecule has 2 aromatic heterocycles. The largest absolute Gasteiger partial charge is 0.320 e. The Morgan fingerprint density at radius 2 is 2.25 bits per heavy atom. The number of nitrogens with one attached hydrogen (secondary N) is 3. The van der Waals surface area contributed by atoms with Gasteiger partial charge in [-0.2, -0.15) is 5.10 Å². The first-order chi connectivity index (χ1) is 7.65. The number of amides is 1. The first-order valence-electron chi connectivity index (χ1n) is 4.36. The molecule has 0 aliphatic rings. The average molecular weight is 239 g/mol. The zero-order valence-electron chi connectivity index (χ0n) is 7.95. The van der Waals surface area contributed by atoms with Crippen molar-refractivity contribution in [2.24, 2.45) is 0 Å². The number of halogens is 1. The fourth-order valence-corrected chi connectivity index (χ4v) is 1.37. The summed E-state index contributed by atoms with van der Waals surface area (Å²) < 4.78 is 0. The maximum Gasteiger partial charge on any atom is 0.273 e. The minimum Gasteiger partial charge on any atom is -0.320 e. The molecule has 0 saturated heterocycles. The van der Waals surface area contributed by atoms with Gasteiger partial charge in [-0.05, 0) is 12.1 Å². The van der Waals surface area contributed by atoms with E-state index in [9.17, 15) is 9.59 Å². The summed E-state index contributed by atoms with van der Waals surface area (Å²) in [5.74, 6) is -0.390. The molecule has 82 valence electrons. The number of nitrogens with zero attached hydrogens (tertiary/aromatic N) is 1. The molecule has 3 N–H and O–H groups in total. The van der Waals surface area contributed by atoms with E-state index in [1.54, 1.807) is 0 Å². The van der Waals surface area contributed by atoms with Gasteiger partial charge in [0.25, 0.3) is 11.5 Å². The highest BCUT2D eigenvalue weighted by atomic mass is 35.5. The van der Waals surface area contributed by atoms with Crippen LogP contribution in [0.15, 0.2) is 29.2 Å². The van der Waals surface area contributed by atoms with Crippen molar-refractivity contribution < 1.29 is 4.79 Å². The lowest BCUT2D eigenvalue weighted by molar-refractivity contribution is 0.102. The van der Waals surface area contributed by atoms with Gasteiger partial charge < -0.3 is 10.3 Å². The second-order valence-corrected chi connectivity index (χ2v) is 3.41. The Balaban J connectivity index is 2.21. The summed E-state index contributed by atoms with van der Waals surface area (Å²) in [6, 6.07) is 4.20. The predicted molar refractivity (Wildman–Crippen MR) is 58.6 cm³/mol. The van der Waals surface area contributed by atoms with Gasteiger partial charge in [0.05, 0.1) is 0 Å². The molecule has 2 aromatic rings. The summed E-state index contributed by atoms with van der Waals surface area (Å²) in [5, 5.41) is 8.82. The zero-order valence-corrected chi connectivity index (χ0v) is 8.71. The quantitative estimate of drug-likeness (QED) is 0.682. The van der Waals surface area contributed by atoms with Gasteiger partial charge in [0.2, 0.25) is 0 Å². The van der Waals surface area contributed by atoms with Gasteiger partial charge in [-0.3, -0.25) is 14.7 Å². The summed E-state index contributed by atoms with van der Waals surface area (Å²) in [7, 11) is 0. The van der Waals surface area contributed by atoms with Crippen molar-refractivity contribution in [1.82, 2.24) is 15.2 Å². The van der Waals surface area contributed by atoms with Crippen LogP contribution in [0.2, 0.25) is 5.15 Å². The zero-order chi connectivity index (χ0) is 11.5. The SMILES string of the molecule is O=C(Nc1cc(Cl)[nH]c(=O)c1)c1ccn[nH]1. The molecule has 0 spiro atoms. The summed E-state index contributed by atoms with van der Waals surface area (Å²) in [6.45, 7) is 0. The standard InChI is InChI=1S/C9H7ClN4O2/c10-7-3-5(4-8(15)13-7)12-9(16)6-1-2-11-14-6/h1-4H,(H,11,14)(H2,12,13,15,16). The third-order valence-corrected chi connectivity index (χ3v) is 2.02. The number of aromatic amines is 2. The maximum atomic E-state index is 11.6. The smallest absolute Gasteiger partial charge is 0.273 e. The molecule has 0 aliphatic heterocycles. The summed E-state index contributed by atoms with van der Waals surface area (Å²) in [5.41, 5.74) is 0.247. The van der Waals surface area contributed by atoms with Gasteiger partial charge in [-0.1, -0.05) is 11.6 Å². The van der Waals surface area contributed by atoms with Crippen molar-refractivity contribution in [2.75, 3.05) is 5.32 Å². The van der Waals surface area contributed by atoms with Crippen molar-refractivity contribution in [3.8, 4) is 0 Å². The number of aromatic nitrogens is 3. The number of carbonyl (C=O) groups excluding carboxylic acids is 1. The Morgan fingerprint density at radius 3 is 2.88 bits per heavy atom.